The first-order valence-corrected chi connectivity index (χ1v) is 6.69. The number of rotatable bonds is 5. The number of aromatic nitrogens is 1. The number of para-hydroxylation sites is 1. The molecule has 1 atom stereocenters. The molecule has 1 heterocycles. The Kier molecular flexibility index (Phi) is 4.20. The number of carbonyl (C=O) groups excluding carboxylic acids is 1. The van der Waals surface area contributed by atoms with Gasteiger partial charge < -0.3 is 16.8 Å². The molecule has 0 saturated carbocycles. The van der Waals surface area contributed by atoms with E-state index in [4.69, 9.17) is 11.5 Å². The molecule has 1 aromatic carbocycles. The highest BCUT2D eigenvalue weighted by molar-refractivity contribution is 6.06. The van der Waals surface area contributed by atoms with E-state index in [-0.39, 0.29) is 6.04 Å². The average Bonchev–Trinajstić information content (AvgIpc) is 2.43. The minimum Gasteiger partial charge on any atom is -0.366 e. The molecular formula is C15H20N4O. The zero-order valence-electron chi connectivity index (χ0n) is 11.8. The van der Waals surface area contributed by atoms with Crippen LogP contribution in [0.5, 0.6) is 0 Å². The van der Waals surface area contributed by atoms with Gasteiger partial charge in [-0.25, -0.2) is 4.98 Å². The van der Waals surface area contributed by atoms with E-state index in [1.807, 2.05) is 24.3 Å². The lowest BCUT2D eigenvalue weighted by Crippen LogP contribution is -2.34. The van der Waals surface area contributed by atoms with E-state index in [0.717, 1.165) is 10.9 Å². The van der Waals surface area contributed by atoms with Crippen molar-refractivity contribution in [3.8, 4) is 0 Å². The zero-order chi connectivity index (χ0) is 14.7. The van der Waals surface area contributed by atoms with Gasteiger partial charge in [-0.15, -0.1) is 0 Å². The van der Waals surface area contributed by atoms with E-state index in [2.05, 4.69) is 24.1 Å². The van der Waals surface area contributed by atoms with Crippen LogP contribution in [-0.4, -0.2) is 23.5 Å². The fourth-order valence-electron chi connectivity index (χ4n) is 2.14. The molecule has 1 amide bonds. The SMILES string of the molecule is CC(C)C(CN)Nc1cc(C(N)=O)c2ccccc2n1. The molecule has 5 nitrogen and oxygen atoms in total. The summed E-state index contributed by atoms with van der Waals surface area (Å²) >= 11 is 0. The Labute approximate surface area is 118 Å². The molecule has 1 aromatic heterocycles. The number of anilines is 1. The van der Waals surface area contributed by atoms with Crippen molar-refractivity contribution in [2.24, 2.45) is 17.4 Å². The van der Waals surface area contributed by atoms with Gasteiger partial charge in [0.2, 0.25) is 5.91 Å². The monoisotopic (exact) mass is 272 g/mol. The molecule has 2 rings (SSSR count). The summed E-state index contributed by atoms with van der Waals surface area (Å²) in [5.41, 5.74) is 12.4. The second kappa shape index (κ2) is 5.88. The molecule has 5 heteroatoms. The summed E-state index contributed by atoms with van der Waals surface area (Å²) in [4.78, 5) is 16.1. The standard InChI is InChI=1S/C15H20N4O/c1-9(2)13(8-16)19-14-7-11(15(17)20)10-5-3-4-6-12(10)18-14/h3-7,9,13H,8,16H2,1-2H3,(H2,17,20)(H,18,19). The average molecular weight is 272 g/mol. The third kappa shape index (κ3) is 2.88. The van der Waals surface area contributed by atoms with Crippen molar-refractivity contribution >= 4 is 22.6 Å². The van der Waals surface area contributed by atoms with Gasteiger partial charge in [-0.05, 0) is 18.1 Å². The molecule has 20 heavy (non-hydrogen) atoms. The molecule has 0 aliphatic carbocycles. The Morgan fingerprint density at radius 2 is 2.05 bits per heavy atom. The van der Waals surface area contributed by atoms with Crippen molar-refractivity contribution in [2.45, 2.75) is 19.9 Å². The number of carbonyl (C=O) groups is 1. The van der Waals surface area contributed by atoms with Crippen LogP contribution < -0.4 is 16.8 Å². The first kappa shape index (κ1) is 14.3. The number of fused-ring (bicyclic) bond motifs is 1. The first-order valence-electron chi connectivity index (χ1n) is 6.69. The third-order valence-corrected chi connectivity index (χ3v) is 3.37. The number of nitrogens with zero attached hydrogens (tertiary/aromatic N) is 1. The van der Waals surface area contributed by atoms with Crippen molar-refractivity contribution in [1.29, 1.82) is 0 Å². The van der Waals surface area contributed by atoms with Crippen LogP contribution in [0.15, 0.2) is 30.3 Å². The van der Waals surface area contributed by atoms with Crippen molar-refractivity contribution in [1.82, 2.24) is 4.98 Å². The number of nitrogens with one attached hydrogen (secondary N) is 1. The molecule has 0 spiro atoms. The molecule has 0 radical (unpaired) electrons. The second-order valence-corrected chi connectivity index (χ2v) is 5.17. The summed E-state index contributed by atoms with van der Waals surface area (Å²) in [5.74, 6) is 0.535. The van der Waals surface area contributed by atoms with Gasteiger partial charge in [-0.1, -0.05) is 32.0 Å². The zero-order valence-corrected chi connectivity index (χ0v) is 11.8. The maximum absolute atomic E-state index is 11.6. The van der Waals surface area contributed by atoms with Gasteiger partial charge in [0.25, 0.3) is 0 Å². The number of amides is 1. The van der Waals surface area contributed by atoms with Crippen LogP contribution in [0, 0.1) is 5.92 Å². The van der Waals surface area contributed by atoms with Crippen LogP contribution in [0.1, 0.15) is 24.2 Å². The second-order valence-electron chi connectivity index (χ2n) is 5.17. The smallest absolute Gasteiger partial charge is 0.249 e. The maximum atomic E-state index is 11.6. The molecule has 0 bridgehead atoms. The number of hydrogen-bond donors (Lipinski definition) is 3. The fraction of sp³-hybridized carbons (Fsp3) is 0.333. The van der Waals surface area contributed by atoms with E-state index in [1.165, 1.54) is 0 Å². The first-order chi connectivity index (χ1) is 9.52. The Morgan fingerprint density at radius 1 is 1.35 bits per heavy atom. The third-order valence-electron chi connectivity index (χ3n) is 3.37. The molecule has 0 fully saturated rings. The Morgan fingerprint density at radius 3 is 2.65 bits per heavy atom. The lowest BCUT2D eigenvalue weighted by molar-refractivity contribution is 0.100. The van der Waals surface area contributed by atoms with Crippen LogP contribution in [0.2, 0.25) is 0 Å². The molecule has 0 aliphatic rings. The number of primary amides is 1. The van der Waals surface area contributed by atoms with Gasteiger partial charge in [0.1, 0.15) is 5.82 Å². The predicted molar refractivity (Wildman–Crippen MR) is 81.6 cm³/mol. The Bertz CT molecular complexity index is 624. The largest absolute Gasteiger partial charge is 0.366 e. The number of hydrogen-bond acceptors (Lipinski definition) is 4. The number of pyridine rings is 1. The van der Waals surface area contributed by atoms with Crippen LogP contribution >= 0.6 is 0 Å². The van der Waals surface area contributed by atoms with Crippen LogP contribution in [-0.2, 0) is 0 Å². The normalized spacial score (nSPS) is 12.6. The fourth-order valence-corrected chi connectivity index (χ4v) is 2.14. The maximum Gasteiger partial charge on any atom is 0.249 e. The van der Waals surface area contributed by atoms with Gasteiger partial charge in [-0.2, -0.15) is 0 Å². The van der Waals surface area contributed by atoms with Gasteiger partial charge in [-0.3, -0.25) is 4.79 Å². The summed E-state index contributed by atoms with van der Waals surface area (Å²) < 4.78 is 0. The topological polar surface area (TPSA) is 94.0 Å². The molecule has 106 valence electrons. The number of nitrogens with two attached hydrogens (primary N) is 2. The lowest BCUT2D eigenvalue weighted by atomic mass is 10.0. The van der Waals surface area contributed by atoms with Gasteiger partial charge in [0, 0.05) is 18.0 Å². The number of benzene rings is 1. The van der Waals surface area contributed by atoms with E-state index in [9.17, 15) is 4.79 Å². The quantitative estimate of drug-likeness (QED) is 0.772. The van der Waals surface area contributed by atoms with Crippen LogP contribution in [0.3, 0.4) is 0 Å². The molecular weight excluding hydrogens is 252 g/mol. The van der Waals surface area contributed by atoms with Crippen molar-refractivity contribution in [3.63, 3.8) is 0 Å². The molecule has 1 unspecified atom stereocenters. The highest BCUT2D eigenvalue weighted by atomic mass is 16.1. The summed E-state index contributed by atoms with van der Waals surface area (Å²) in [6.07, 6.45) is 0. The molecule has 5 N–H and O–H groups in total. The van der Waals surface area contributed by atoms with E-state index in [1.54, 1.807) is 6.07 Å². The lowest BCUT2D eigenvalue weighted by Gasteiger charge is -2.21. The Balaban J connectivity index is 2.47. The summed E-state index contributed by atoms with van der Waals surface area (Å²) in [7, 11) is 0. The van der Waals surface area contributed by atoms with E-state index < -0.39 is 5.91 Å². The van der Waals surface area contributed by atoms with E-state index >= 15 is 0 Å². The van der Waals surface area contributed by atoms with Crippen molar-refractivity contribution < 1.29 is 4.79 Å². The van der Waals surface area contributed by atoms with Crippen LogP contribution in [0.4, 0.5) is 5.82 Å². The van der Waals surface area contributed by atoms with Crippen LogP contribution in [0.25, 0.3) is 10.9 Å². The summed E-state index contributed by atoms with van der Waals surface area (Å²) in [6, 6.07) is 9.24. The Hall–Kier alpha value is -2.14. The predicted octanol–water partition coefficient (Wildman–Crippen LogP) is 1.73. The van der Waals surface area contributed by atoms with E-state index in [0.29, 0.717) is 23.8 Å². The van der Waals surface area contributed by atoms with Gasteiger partial charge in [0.05, 0.1) is 11.1 Å². The highest BCUT2D eigenvalue weighted by Gasteiger charge is 2.14. The van der Waals surface area contributed by atoms with Crippen molar-refractivity contribution in [2.75, 3.05) is 11.9 Å². The minimum absolute atomic E-state index is 0.101. The molecule has 2 aromatic rings. The molecule has 0 saturated heterocycles. The summed E-state index contributed by atoms with van der Waals surface area (Å²) in [5, 5.41) is 4.03. The molecule has 0 aliphatic heterocycles. The summed E-state index contributed by atoms with van der Waals surface area (Å²) in [6.45, 7) is 4.67. The van der Waals surface area contributed by atoms with Gasteiger partial charge >= 0.3 is 0 Å². The minimum atomic E-state index is -0.458. The van der Waals surface area contributed by atoms with Crippen molar-refractivity contribution in [3.05, 3.63) is 35.9 Å². The van der Waals surface area contributed by atoms with Gasteiger partial charge in [0.15, 0.2) is 0 Å². The highest BCUT2D eigenvalue weighted by Crippen LogP contribution is 2.21.